The van der Waals surface area contributed by atoms with Gasteiger partial charge in [-0.15, -0.1) is 0 Å². The van der Waals surface area contributed by atoms with Gasteiger partial charge in [-0.2, -0.15) is 0 Å². The zero-order valence-corrected chi connectivity index (χ0v) is 24.3. The quantitative estimate of drug-likeness (QED) is 0.216. The third-order valence-electron chi connectivity index (χ3n) is 8.17. The molecule has 2 aliphatic heterocycles. The number of ether oxygens (including phenoxy) is 2. The molecule has 0 radical (unpaired) electrons. The number of piperidine rings is 1. The van der Waals surface area contributed by atoms with Crippen molar-refractivity contribution in [1.82, 2.24) is 10.1 Å². The Bertz CT molecular complexity index is 1660. The molecule has 2 saturated heterocycles. The van der Waals surface area contributed by atoms with Gasteiger partial charge < -0.3 is 24.0 Å². The number of hydrogen-bond acceptors (Lipinski definition) is 9. The highest BCUT2D eigenvalue weighted by atomic mass is 35.5. The molecule has 3 aliphatic rings. The van der Waals surface area contributed by atoms with E-state index in [1.165, 1.54) is 24.5 Å². The molecule has 0 spiro atoms. The maximum Gasteiger partial charge on any atom is 0.344 e. The van der Waals surface area contributed by atoms with E-state index in [4.69, 9.17) is 42.2 Å². The number of aromatic nitrogens is 2. The smallest absolute Gasteiger partial charge is 0.344 e. The fourth-order valence-electron chi connectivity index (χ4n) is 6.14. The van der Waals surface area contributed by atoms with Crippen LogP contribution in [0.25, 0.3) is 21.5 Å². The van der Waals surface area contributed by atoms with Crippen LogP contribution in [0.4, 0.5) is 5.13 Å². The molecule has 1 N–H and O–H groups in total. The summed E-state index contributed by atoms with van der Waals surface area (Å²) in [5.41, 5.74) is 1.90. The van der Waals surface area contributed by atoms with Crippen LogP contribution in [0.3, 0.4) is 0 Å². The Hall–Kier alpha value is -3.34. The van der Waals surface area contributed by atoms with Crippen LogP contribution >= 0.6 is 34.5 Å². The molecule has 9 nitrogen and oxygen atoms in total. The first-order valence-corrected chi connectivity index (χ1v) is 15.0. The lowest BCUT2D eigenvalue weighted by Gasteiger charge is -2.38. The van der Waals surface area contributed by atoms with Crippen LogP contribution in [0, 0.1) is 0 Å². The van der Waals surface area contributed by atoms with E-state index in [1.54, 1.807) is 24.3 Å². The van der Waals surface area contributed by atoms with Crippen molar-refractivity contribution >= 4 is 61.8 Å². The maximum absolute atomic E-state index is 13.7. The molecule has 4 heterocycles. The fourth-order valence-corrected chi connectivity index (χ4v) is 7.88. The van der Waals surface area contributed by atoms with E-state index in [1.807, 2.05) is 0 Å². The number of methoxy groups -OCH3 is 1. The summed E-state index contributed by atoms with van der Waals surface area (Å²) in [5, 5.41) is 15.3. The highest BCUT2D eigenvalue weighted by molar-refractivity contribution is 7.22. The molecule has 41 heavy (non-hydrogen) atoms. The zero-order valence-electron chi connectivity index (χ0n) is 21.9. The Morgan fingerprint density at radius 3 is 2.44 bits per heavy atom. The monoisotopic (exact) mass is 613 g/mol. The molecule has 2 aromatic heterocycles. The van der Waals surface area contributed by atoms with Crippen LogP contribution in [-0.4, -0.2) is 52.5 Å². The van der Waals surface area contributed by atoms with Gasteiger partial charge in [-0.25, -0.2) is 14.6 Å². The van der Waals surface area contributed by atoms with Crippen LogP contribution in [0.2, 0.25) is 10.0 Å². The average Bonchev–Trinajstić information content (AvgIpc) is 3.44. The number of anilines is 1. The number of fused-ring (bicyclic) bond motifs is 3. The van der Waals surface area contributed by atoms with E-state index in [0.717, 1.165) is 35.5 Å². The number of esters is 1. The summed E-state index contributed by atoms with van der Waals surface area (Å²) in [6, 6.07) is 8.56. The first kappa shape index (κ1) is 26.6. The first-order valence-electron chi connectivity index (χ1n) is 13.5. The number of carboxylic acid groups (broad SMARTS) is 1. The summed E-state index contributed by atoms with van der Waals surface area (Å²) < 4.78 is 18.0. The molecule has 1 saturated carbocycles. The summed E-state index contributed by atoms with van der Waals surface area (Å²) in [7, 11) is 1.51. The summed E-state index contributed by atoms with van der Waals surface area (Å²) in [4.78, 5) is 32.5. The Kier molecular flexibility index (Phi) is 6.59. The molecule has 2 bridgehead atoms. The van der Waals surface area contributed by atoms with Gasteiger partial charge in [0, 0.05) is 36.4 Å². The standard InChI is InChI=1S/C29H25Cl2N3O6S/c1-38-20-9-14(27(35)36)10-21-24(20)32-29(41-21)34-15-7-8-16(34)12-17(11-15)39-28(37)23-25(33-40-26(23)13-5-6-13)22-18(30)3-2-4-19(22)31/h2-4,9-10,13,15-17H,5-8,11-12H2,1H3,(H,35,36)/t15-,16+,17-. The first-order chi connectivity index (χ1) is 19.8. The lowest BCUT2D eigenvalue weighted by Crippen LogP contribution is -2.46. The Balaban J connectivity index is 1.14. The highest BCUT2D eigenvalue weighted by Crippen LogP contribution is 2.48. The number of carbonyl (C=O) groups excluding carboxylic acids is 1. The average molecular weight is 615 g/mol. The van der Waals surface area contributed by atoms with Gasteiger partial charge in [0.25, 0.3) is 0 Å². The van der Waals surface area contributed by atoms with Gasteiger partial charge in [0.2, 0.25) is 0 Å². The number of aromatic carboxylic acids is 1. The van der Waals surface area contributed by atoms with E-state index in [0.29, 0.717) is 56.7 Å². The molecule has 3 fully saturated rings. The lowest BCUT2D eigenvalue weighted by molar-refractivity contribution is 0.0202. The number of halogens is 2. The molecule has 4 aromatic rings. The van der Waals surface area contributed by atoms with Crippen molar-refractivity contribution in [2.45, 2.75) is 62.6 Å². The van der Waals surface area contributed by atoms with E-state index < -0.39 is 11.9 Å². The molecule has 7 rings (SSSR count). The van der Waals surface area contributed by atoms with Gasteiger partial charge >= 0.3 is 11.9 Å². The Morgan fingerprint density at radius 2 is 1.80 bits per heavy atom. The second kappa shape index (κ2) is 10.2. The largest absolute Gasteiger partial charge is 0.494 e. The van der Waals surface area contributed by atoms with E-state index in [2.05, 4.69) is 10.1 Å². The van der Waals surface area contributed by atoms with Crippen molar-refractivity contribution in [2.24, 2.45) is 0 Å². The topological polar surface area (TPSA) is 115 Å². The number of benzene rings is 2. The van der Waals surface area contributed by atoms with Gasteiger partial charge in [0.05, 0.1) is 27.4 Å². The summed E-state index contributed by atoms with van der Waals surface area (Å²) in [5.74, 6) is -0.377. The minimum Gasteiger partial charge on any atom is -0.494 e. The third kappa shape index (κ3) is 4.62. The summed E-state index contributed by atoms with van der Waals surface area (Å²) in [6.45, 7) is 0. The number of nitrogens with zero attached hydrogens (tertiary/aromatic N) is 3. The lowest BCUT2D eigenvalue weighted by atomic mass is 9.99. The van der Waals surface area contributed by atoms with Gasteiger partial charge in [0.15, 0.2) is 10.9 Å². The van der Waals surface area contributed by atoms with Crippen molar-refractivity contribution in [3.05, 3.63) is 57.3 Å². The second-order valence-electron chi connectivity index (χ2n) is 10.8. The Labute approximate surface area is 248 Å². The molecule has 2 aromatic carbocycles. The molecule has 3 atom stereocenters. The van der Waals surface area contributed by atoms with Crippen LogP contribution in [0.15, 0.2) is 34.9 Å². The Morgan fingerprint density at radius 1 is 1.10 bits per heavy atom. The van der Waals surface area contributed by atoms with Crippen molar-refractivity contribution in [3.63, 3.8) is 0 Å². The van der Waals surface area contributed by atoms with Crippen molar-refractivity contribution < 1.29 is 28.7 Å². The second-order valence-corrected chi connectivity index (χ2v) is 12.6. The minimum absolute atomic E-state index is 0.135. The highest BCUT2D eigenvalue weighted by Gasteiger charge is 2.45. The summed E-state index contributed by atoms with van der Waals surface area (Å²) >= 11 is 14.4. The molecule has 0 unspecified atom stereocenters. The van der Waals surface area contributed by atoms with Gasteiger partial charge in [-0.1, -0.05) is 45.8 Å². The molecule has 0 amide bonds. The number of hydrogen-bond donors (Lipinski definition) is 1. The fraction of sp³-hybridized carbons (Fsp3) is 0.379. The maximum atomic E-state index is 13.7. The molecule has 1 aliphatic carbocycles. The zero-order chi connectivity index (χ0) is 28.4. The predicted octanol–water partition coefficient (Wildman–Crippen LogP) is 7.20. The normalized spacial score (nSPS) is 21.8. The van der Waals surface area contributed by atoms with Gasteiger partial charge in [0.1, 0.15) is 28.6 Å². The number of rotatable bonds is 7. The number of carbonyl (C=O) groups is 2. The van der Waals surface area contributed by atoms with Gasteiger partial charge in [-0.3, -0.25) is 0 Å². The van der Waals surface area contributed by atoms with Crippen molar-refractivity contribution in [1.29, 1.82) is 0 Å². The SMILES string of the molecule is COc1cc(C(=O)O)cc2sc(N3[C@@H]4CC[C@H]3C[C@H](OC(=O)c3c(-c5c(Cl)cccc5Cl)noc3C3CC3)C4)nc12. The van der Waals surface area contributed by atoms with E-state index in [9.17, 15) is 14.7 Å². The van der Waals surface area contributed by atoms with E-state index >= 15 is 0 Å². The van der Waals surface area contributed by atoms with Crippen molar-refractivity contribution in [2.75, 3.05) is 12.0 Å². The predicted molar refractivity (Wildman–Crippen MR) is 155 cm³/mol. The number of thiazole rings is 1. The third-order valence-corrected chi connectivity index (χ3v) is 9.82. The molecular weight excluding hydrogens is 589 g/mol. The number of carboxylic acids is 1. The molecule has 212 valence electrons. The van der Waals surface area contributed by atoms with E-state index in [-0.39, 0.29) is 29.7 Å². The van der Waals surface area contributed by atoms with Gasteiger partial charge in [-0.05, 0) is 49.9 Å². The van der Waals surface area contributed by atoms with Crippen LogP contribution in [0.1, 0.15) is 70.9 Å². The minimum atomic E-state index is -1.01. The summed E-state index contributed by atoms with van der Waals surface area (Å²) in [6.07, 6.45) is 4.78. The van der Waals surface area contributed by atoms with Crippen molar-refractivity contribution in [3.8, 4) is 17.0 Å². The van der Waals surface area contributed by atoms with Crippen LogP contribution < -0.4 is 9.64 Å². The van der Waals surface area contributed by atoms with Crippen LogP contribution in [-0.2, 0) is 4.74 Å². The molecule has 12 heteroatoms. The molecular formula is C29H25Cl2N3O6S. The van der Waals surface area contributed by atoms with Crippen LogP contribution in [0.5, 0.6) is 5.75 Å².